The first kappa shape index (κ1) is 36.8. The molecule has 1 saturated carbocycles. The van der Waals surface area contributed by atoms with Crippen LogP contribution in [0.2, 0.25) is 0 Å². The summed E-state index contributed by atoms with van der Waals surface area (Å²) in [6, 6.07) is 36.7. The van der Waals surface area contributed by atoms with E-state index >= 15 is 0 Å². The van der Waals surface area contributed by atoms with Gasteiger partial charge in [-0.2, -0.15) is 0 Å². The molecular weight excluding hydrogens is 593 g/mol. The van der Waals surface area contributed by atoms with Crippen LogP contribution < -0.4 is 11.5 Å². The summed E-state index contributed by atoms with van der Waals surface area (Å²) in [7, 11) is 0. The highest BCUT2D eigenvalue weighted by molar-refractivity contribution is 5.45. The van der Waals surface area contributed by atoms with E-state index < -0.39 is 0 Å². The van der Waals surface area contributed by atoms with E-state index in [1.54, 1.807) is 0 Å². The summed E-state index contributed by atoms with van der Waals surface area (Å²) < 4.78 is 0. The number of unbranched alkanes of at least 4 members (excludes halogenated alkanes) is 2. The molecule has 4 N–H and O–H groups in total. The fourth-order valence-electron chi connectivity index (χ4n) is 8.74. The van der Waals surface area contributed by atoms with Crippen molar-refractivity contribution < 1.29 is 0 Å². The zero-order valence-electron chi connectivity index (χ0n) is 30.9. The normalized spacial score (nSPS) is 16.2. The topological polar surface area (TPSA) is 52.0 Å². The molecule has 0 amide bonds. The summed E-state index contributed by atoms with van der Waals surface area (Å²) in [5, 5.41) is 0. The van der Waals surface area contributed by atoms with Gasteiger partial charge < -0.3 is 11.5 Å². The molecule has 0 heterocycles. The lowest BCUT2D eigenvalue weighted by Gasteiger charge is -2.32. The minimum atomic E-state index is 0.404. The molecule has 0 saturated heterocycles. The minimum absolute atomic E-state index is 0.404. The molecule has 2 nitrogen and oxygen atoms in total. The molecule has 1 aliphatic rings. The first-order valence-electron chi connectivity index (χ1n) is 19.9. The van der Waals surface area contributed by atoms with Crippen LogP contribution in [0.25, 0.3) is 0 Å². The number of anilines is 2. The third-order valence-electron chi connectivity index (χ3n) is 11.7. The van der Waals surface area contributed by atoms with Crippen LogP contribution >= 0.6 is 0 Å². The van der Waals surface area contributed by atoms with E-state index in [0.29, 0.717) is 17.8 Å². The molecule has 0 bridgehead atoms. The number of nitrogens with two attached hydrogens (primary N) is 2. The molecule has 1 fully saturated rings. The standard InChI is InChI=1S/C47H64N2/c1-4-7-15-45(41-25-30-43(48)31-26-41)37-17-21-39(22-18-37)47(34-29-35(12-6-3)36-13-10-9-11-14-36)40-23-19-38(20-24-40)46(16-8-5-2)42-27-32-44(49)33-28-42/h17-28,30-33,35-36,45-47H,4-16,29,34,48-49H2,1-3H3. The van der Waals surface area contributed by atoms with Gasteiger partial charge >= 0.3 is 0 Å². The Morgan fingerprint density at radius 2 is 0.776 bits per heavy atom. The summed E-state index contributed by atoms with van der Waals surface area (Å²) in [6.07, 6.45) is 19.6. The molecule has 2 heteroatoms. The highest BCUT2D eigenvalue weighted by Crippen LogP contribution is 2.40. The molecule has 3 unspecified atom stereocenters. The lowest BCUT2D eigenvalue weighted by molar-refractivity contribution is 0.218. The molecular formula is C47H64N2. The molecule has 49 heavy (non-hydrogen) atoms. The van der Waals surface area contributed by atoms with Gasteiger partial charge in [-0.1, -0.05) is 164 Å². The van der Waals surface area contributed by atoms with Crippen molar-refractivity contribution in [2.45, 2.75) is 135 Å². The van der Waals surface area contributed by atoms with Crippen molar-refractivity contribution in [2.24, 2.45) is 11.8 Å². The molecule has 5 rings (SSSR count). The van der Waals surface area contributed by atoms with Crippen LogP contribution in [0.5, 0.6) is 0 Å². The van der Waals surface area contributed by atoms with Gasteiger partial charge in [0.15, 0.2) is 0 Å². The average Bonchev–Trinajstić information content (AvgIpc) is 3.14. The van der Waals surface area contributed by atoms with Gasteiger partial charge in [-0.25, -0.2) is 0 Å². The first-order valence-corrected chi connectivity index (χ1v) is 19.9. The number of hydrogen-bond donors (Lipinski definition) is 2. The van der Waals surface area contributed by atoms with Crippen molar-refractivity contribution in [3.05, 3.63) is 130 Å². The van der Waals surface area contributed by atoms with Crippen molar-refractivity contribution in [1.29, 1.82) is 0 Å². The Balaban J connectivity index is 1.44. The van der Waals surface area contributed by atoms with Crippen molar-refractivity contribution >= 4 is 11.4 Å². The zero-order valence-corrected chi connectivity index (χ0v) is 30.9. The maximum absolute atomic E-state index is 6.07. The van der Waals surface area contributed by atoms with Crippen LogP contribution in [0.15, 0.2) is 97.1 Å². The number of nitrogen functional groups attached to an aromatic ring is 2. The summed E-state index contributed by atoms with van der Waals surface area (Å²) in [4.78, 5) is 0. The van der Waals surface area contributed by atoms with Crippen LogP contribution in [0.3, 0.4) is 0 Å². The van der Waals surface area contributed by atoms with E-state index in [1.807, 2.05) is 0 Å². The van der Waals surface area contributed by atoms with E-state index in [1.165, 1.54) is 117 Å². The van der Waals surface area contributed by atoms with Gasteiger partial charge in [-0.05, 0) is 95.2 Å². The second-order valence-electron chi connectivity index (χ2n) is 15.1. The number of hydrogen-bond acceptors (Lipinski definition) is 2. The van der Waals surface area contributed by atoms with Crippen molar-refractivity contribution in [3.63, 3.8) is 0 Å². The molecule has 4 aromatic rings. The third-order valence-corrected chi connectivity index (χ3v) is 11.7. The van der Waals surface area contributed by atoms with E-state index in [2.05, 4.69) is 118 Å². The first-order chi connectivity index (χ1) is 24.0. The lowest BCUT2D eigenvalue weighted by Crippen LogP contribution is -2.19. The zero-order chi connectivity index (χ0) is 34.4. The van der Waals surface area contributed by atoms with Gasteiger partial charge in [0.2, 0.25) is 0 Å². The monoisotopic (exact) mass is 657 g/mol. The van der Waals surface area contributed by atoms with Crippen LogP contribution in [0.4, 0.5) is 11.4 Å². The molecule has 0 aliphatic heterocycles. The summed E-state index contributed by atoms with van der Waals surface area (Å²) in [5.74, 6) is 2.97. The van der Waals surface area contributed by atoms with Gasteiger partial charge in [-0.15, -0.1) is 0 Å². The van der Waals surface area contributed by atoms with Crippen LogP contribution in [0, 0.1) is 11.8 Å². The third kappa shape index (κ3) is 10.3. The molecule has 1 aliphatic carbocycles. The summed E-state index contributed by atoms with van der Waals surface area (Å²) in [5.41, 5.74) is 22.3. The van der Waals surface area contributed by atoms with Gasteiger partial charge in [0.1, 0.15) is 0 Å². The van der Waals surface area contributed by atoms with E-state index in [9.17, 15) is 0 Å². The Labute approximate surface area is 299 Å². The quantitative estimate of drug-likeness (QED) is 0.105. The molecule has 262 valence electrons. The smallest absolute Gasteiger partial charge is 0.0314 e. The van der Waals surface area contributed by atoms with Gasteiger partial charge in [0.25, 0.3) is 0 Å². The summed E-state index contributed by atoms with van der Waals surface area (Å²) >= 11 is 0. The highest BCUT2D eigenvalue weighted by atomic mass is 14.5. The SMILES string of the molecule is CCCCC(c1ccc(N)cc1)c1ccc(C(CCC(CCC)C2CCCCC2)c2ccc(C(CCCC)c3ccc(N)cc3)cc2)cc1. The van der Waals surface area contributed by atoms with E-state index in [4.69, 9.17) is 11.5 Å². The van der Waals surface area contributed by atoms with Crippen molar-refractivity contribution in [3.8, 4) is 0 Å². The second kappa shape index (κ2) is 19.0. The van der Waals surface area contributed by atoms with Crippen molar-refractivity contribution in [2.75, 3.05) is 11.5 Å². The maximum atomic E-state index is 6.07. The Morgan fingerprint density at radius 1 is 0.429 bits per heavy atom. The predicted molar refractivity (Wildman–Crippen MR) is 213 cm³/mol. The van der Waals surface area contributed by atoms with E-state index in [0.717, 1.165) is 36.1 Å². The number of benzene rings is 4. The van der Waals surface area contributed by atoms with Crippen LogP contribution in [-0.4, -0.2) is 0 Å². The number of rotatable bonds is 18. The fraction of sp³-hybridized carbons (Fsp3) is 0.489. The van der Waals surface area contributed by atoms with Crippen molar-refractivity contribution in [1.82, 2.24) is 0 Å². The molecule has 0 aromatic heterocycles. The Kier molecular flexibility index (Phi) is 14.3. The van der Waals surface area contributed by atoms with Crippen LogP contribution in [-0.2, 0) is 0 Å². The van der Waals surface area contributed by atoms with E-state index in [-0.39, 0.29) is 0 Å². The largest absolute Gasteiger partial charge is 0.399 e. The Bertz CT molecular complexity index is 1380. The molecule has 4 aromatic carbocycles. The predicted octanol–water partition coefficient (Wildman–Crippen LogP) is 13.4. The Morgan fingerprint density at radius 3 is 1.12 bits per heavy atom. The summed E-state index contributed by atoms with van der Waals surface area (Å²) in [6.45, 7) is 6.97. The maximum Gasteiger partial charge on any atom is 0.0314 e. The Hall–Kier alpha value is -3.52. The minimum Gasteiger partial charge on any atom is -0.399 e. The molecule has 0 spiro atoms. The molecule has 3 atom stereocenters. The second-order valence-corrected chi connectivity index (χ2v) is 15.1. The van der Waals surface area contributed by atoms with Gasteiger partial charge in [0, 0.05) is 29.1 Å². The fourth-order valence-corrected chi connectivity index (χ4v) is 8.74. The van der Waals surface area contributed by atoms with Gasteiger partial charge in [-0.3, -0.25) is 0 Å². The van der Waals surface area contributed by atoms with Crippen LogP contribution in [0.1, 0.15) is 168 Å². The average molecular weight is 657 g/mol. The highest BCUT2D eigenvalue weighted by Gasteiger charge is 2.26. The lowest BCUT2D eigenvalue weighted by atomic mass is 9.74. The molecule has 0 radical (unpaired) electrons. The van der Waals surface area contributed by atoms with Gasteiger partial charge in [0.05, 0.1) is 0 Å².